The van der Waals surface area contributed by atoms with Crippen LogP contribution in [0.15, 0.2) is 47.4 Å². The van der Waals surface area contributed by atoms with E-state index in [1.54, 1.807) is 6.92 Å². The van der Waals surface area contributed by atoms with Crippen LogP contribution in [0.4, 0.5) is 10.1 Å². The quantitative estimate of drug-likeness (QED) is 0.910. The number of hydrogen-bond donors (Lipinski definition) is 2. The van der Waals surface area contributed by atoms with Crippen molar-refractivity contribution in [3.63, 3.8) is 0 Å². The molecular weight excluding hydrogens is 281 g/mol. The fourth-order valence-electron chi connectivity index (χ4n) is 1.64. The van der Waals surface area contributed by atoms with Crippen molar-refractivity contribution in [2.24, 2.45) is 0 Å². The Kier molecular flexibility index (Phi) is 4.06. The van der Waals surface area contributed by atoms with Gasteiger partial charge in [-0.1, -0.05) is 18.2 Å². The molecule has 2 rings (SSSR count). The highest BCUT2D eigenvalue weighted by molar-refractivity contribution is 7.92. The lowest BCUT2D eigenvalue weighted by Gasteiger charge is -2.09. The van der Waals surface area contributed by atoms with E-state index >= 15 is 0 Å². The van der Waals surface area contributed by atoms with Crippen molar-refractivity contribution >= 4 is 15.7 Å². The largest absolute Gasteiger partial charge is 0.392 e. The molecule has 0 saturated heterocycles. The van der Waals surface area contributed by atoms with E-state index in [2.05, 4.69) is 4.72 Å². The molecule has 0 saturated carbocycles. The Morgan fingerprint density at radius 3 is 2.35 bits per heavy atom. The van der Waals surface area contributed by atoms with Gasteiger partial charge < -0.3 is 5.11 Å². The zero-order valence-corrected chi connectivity index (χ0v) is 11.6. The van der Waals surface area contributed by atoms with Gasteiger partial charge >= 0.3 is 0 Å². The highest BCUT2D eigenvalue weighted by Crippen LogP contribution is 2.19. The zero-order valence-electron chi connectivity index (χ0n) is 10.8. The molecule has 0 heterocycles. The molecule has 2 aromatic carbocycles. The standard InChI is InChI=1S/C14H14FNO3S/c1-10-2-5-12(8-14(10)15)16-20(18,19)13-6-3-11(9-17)4-7-13/h2-8,16-17H,9H2,1H3. The fourth-order valence-corrected chi connectivity index (χ4v) is 2.69. The molecule has 0 aliphatic rings. The molecule has 4 nitrogen and oxygen atoms in total. The molecule has 2 N–H and O–H groups in total. The highest BCUT2D eigenvalue weighted by atomic mass is 32.2. The summed E-state index contributed by atoms with van der Waals surface area (Å²) in [7, 11) is -3.77. The summed E-state index contributed by atoms with van der Waals surface area (Å²) < 4.78 is 39.9. The van der Waals surface area contributed by atoms with Crippen LogP contribution in [0.5, 0.6) is 0 Å². The number of sulfonamides is 1. The van der Waals surface area contributed by atoms with Gasteiger partial charge in [-0.25, -0.2) is 12.8 Å². The smallest absolute Gasteiger partial charge is 0.261 e. The summed E-state index contributed by atoms with van der Waals surface area (Å²) in [6.45, 7) is 1.44. The second kappa shape index (κ2) is 5.60. The number of hydrogen-bond acceptors (Lipinski definition) is 3. The van der Waals surface area contributed by atoms with Gasteiger partial charge in [0, 0.05) is 0 Å². The van der Waals surface area contributed by atoms with Crippen molar-refractivity contribution < 1.29 is 17.9 Å². The number of aryl methyl sites for hydroxylation is 1. The van der Waals surface area contributed by atoms with E-state index in [0.29, 0.717) is 11.1 Å². The molecule has 0 fully saturated rings. The van der Waals surface area contributed by atoms with E-state index in [1.165, 1.54) is 36.4 Å². The third-order valence-corrected chi connectivity index (χ3v) is 4.24. The van der Waals surface area contributed by atoms with E-state index in [-0.39, 0.29) is 17.2 Å². The molecule has 0 atom stereocenters. The third-order valence-electron chi connectivity index (χ3n) is 2.84. The Morgan fingerprint density at radius 1 is 1.15 bits per heavy atom. The van der Waals surface area contributed by atoms with Crippen molar-refractivity contribution in [2.75, 3.05) is 4.72 Å². The second-order valence-corrected chi connectivity index (χ2v) is 6.05. The molecule has 0 amide bonds. The minimum absolute atomic E-state index is 0.0516. The van der Waals surface area contributed by atoms with Gasteiger partial charge in [0.25, 0.3) is 10.0 Å². The van der Waals surface area contributed by atoms with E-state index in [0.717, 1.165) is 6.07 Å². The van der Waals surface area contributed by atoms with Gasteiger partial charge in [0.2, 0.25) is 0 Å². The number of aliphatic hydroxyl groups excluding tert-OH is 1. The molecule has 0 aliphatic heterocycles. The lowest BCUT2D eigenvalue weighted by Crippen LogP contribution is -2.13. The number of halogens is 1. The van der Waals surface area contributed by atoms with Crippen LogP contribution in [0.1, 0.15) is 11.1 Å². The molecule has 6 heteroatoms. The predicted octanol–water partition coefficient (Wildman–Crippen LogP) is 2.43. The molecule has 20 heavy (non-hydrogen) atoms. The molecular formula is C14H14FNO3S. The van der Waals surface area contributed by atoms with Crippen LogP contribution < -0.4 is 4.72 Å². The van der Waals surface area contributed by atoms with Crippen LogP contribution in [0.2, 0.25) is 0 Å². The minimum Gasteiger partial charge on any atom is -0.392 e. The first-order valence-corrected chi connectivity index (χ1v) is 7.39. The monoisotopic (exact) mass is 295 g/mol. The molecule has 0 bridgehead atoms. The number of aliphatic hydroxyl groups is 1. The van der Waals surface area contributed by atoms with Gasteiger partial charge in [0.05, 0.1) is 17.2 Å². The number of nitrogens with one attached hydrogen (secondary N) is 1. The SMILES string of the molecule is Cc1ccc(NS(=O)(=O)c2ccc(CO)cc2)cc1F. The number of benzene rings is 2. The lowest BCUT2D eigenvalue weighted by molar-refractivity contribution is 0.282. The summed E-state index contributed by atoms with van der Waals surface area (Å²) in [6, 6.07) is 9.94. The summed E-state index contributed by atoms with van der Waals surface area (Å²) in [6.07, 6.45) is 0. The van der Waals surface area contributed by atoms with Crippen molar-refractivity contribution in [3.8, 4) is 0 Å². The van der Waals surface area contributed by atoms with E-state index in [1.807, 2.05) is 0 Å². The van der Waals surface area contributed by atoms with Crippen LogP contribution in [0.25, 0.3) is 0 Å². The first-order chi connectivity index (χ1) is 9.42. The summed E-state index contributed by atoms with van der Waals surface area (Å²) in [5, 5.41) is 8.92. The lowest BCUT2D eigenvalue weighted by atomic mass is 10.2. The Labute approximate surface area is 116 Å². The minimum atomic E-state index is -3.77. The van der Waals surface area contributed by atoms with Crippen molar-refractivity contribution in [3.05, 3.63) is 59.4 Å². The molecule has 0 spiro atoms. The van der Waals surface area contributed by atoms with E-state index in [9.17, 15) is 12.8 Å². The zero-order chi connectivity index (χ0) is 14.8. The van der Waals surface area contributed by atoms with Crippen molar-refractivity contribution in [1.29, 1.82) is 0 Å². The Hall–Kier alpha value is -1.92. The van der Waals surface area contributed by atoms with Gasteiger partial charge in [0.1, 0.15) is 5.82 Å². The Bertz CT molecular complexity index is 712. The van der Waals surface area contributed by atoms with Crippen LogP contribution in [-0.2, 0) is 16.6 Å². The van der Waals surface area contributed by atoms with Gasteiger partial charge in [-0.3, -0.25) is 4.72 Å². The average Bonchev–Trinajstić information content (AvgIpc) is 2.43. The first kappa shape index (κ1) is 14.5. The van der Waals surface area contributed by atoms with Gasteiger partial charge in [-0.05, 0) is 42.3 Å². The Morgan fingerprint density at radius 2 is 1.80 bits per heavy atom. The molecule has 106 valence electrons. The topological polar surface area (TPSA) is 66.4 Å². The summed E-state index contributed by atoms with van der Waals surface area (Å²) in [5.74, 6) is -0.471. The van der Waals surface area contributed by atoms with Gasteiger partial charge in [-0.15, -0.1) is 0 Å². The maximum Gasteiger partial charge on any atom is 0.261 e. The van der Waals surface area contributed by atoms with Crippen LogP contribution >= 0.6 is 0 Å². The normalized spacial score (nSPS) is 11.3. The van der Waals surface area contributed by atoms with Gasteiger partial charge in [-0.2, -0.15) is 0 Å². The average molecular weight is 295 g/mol. The predicted molar refractivity (Wildman–Crippen MR) is 74.3 cm³/mol. The van der Waals surface area contributed by atoms with Crippen molar-refractivity contribution in [1.82, 2.24) is 0 Å². The molecule has 0 unspecified atom stereocenters. The van der Waals surface area contributed by atoms with Gasteiger partial charge in [0.15, 0.2) is 0 Å². The number of rotatable bonds is 4. The van der Waals surface area contributed by atoms with Crippen LogP contribution in [0, 0.1) is 12.7 Å². The summed E-state index contributed by atoms with van der Waals surface area (Å²) in [4.78, 5) is 0.0516. The second-order valence-electron chi connectivity index (χ2n) is 4.37. The van der Waals surface area contributed by atoms with Crippen LogP contribution in [-0.4, -0.2) is 13.5 Å². The maximum absolute atomic E-state index is 13.4. The van der Waals surface area contributed by atoms with E-state index < -0.39 is 15.8 Å². The summed E-state index contributed by atoms with van der Waals surface area (Å²) >= 11 is 0. The third kappa shape index (κ3) is 3.15. The summed E-state index contributed by atoms with van der Waals surface area (Å²) in [5.41, 5.74) is 1.23. The highest BCUT2D eigenvalue weighted by Gasteiger charge is 2.14. The molecule has 0 radical (unpaired) electrons. The maximum atomic E-state index is 13.4. The van der Waals surface area contributed by atoms with Crippen LogP contribution in [0.3, 0.4) is 0 Å². The Balaban J connectivity index is 2.27. The first-order valence-electron chi connectivity index (χ1n) is 5.91. The molecule has 0 aromatic heterocycles. The van der Waals surface area contributed by atoms with E-state index in [4.69, 9.17) is 5.11 Å². The number of anilines is 1. The molecule has 2 aromatic rings. The van der Waals surface area contributed by atoms with Crippen molar-refractivity contribution in [2.45, 2.75) is 18.4 Å². The molecule has 0 aliphatic carbocycles. The fraction of sp³-hybridized carbons (Fsp3) is 0.143.